The van der Waals surface area contributed by atoms with Crippen molar-refractivity contribution in [2.24, 2.45) is 0 Å². The zero-order valence-electron chi connectivity index (χ0n) is 17.8. The predicted octanol–water partition coefficient (Wildman–Crippen LogP) is 5.66. The van der Waals surface area contributed by atoms with Gasteiger partial charge in [0.05, 0.1) is 6.04 Å². The van der Waals surface area contributed by atoms with Crippen LogP contribution in [0.4, 0.5) is 0 Å². The average Bonchev–Trinajstić information content (AvgIpc) is 2.72. The van der Waals surface area contributed by atoms with Crippen LogP contribution in [0.5, 0.6) is 0 Å². The second kappa shape index (κ2) is 22.1. The van der Waals surface area contributed by atoms with Crippen molar-refractivity contribution < 1.29 is 4.79 Å². The molecule has 1 aromatic rings. The summed E-state index contributed by atoms with van der Waals surface area (Å²) in [5.41, 5.74) is 0.934. The Kier molecular flexibility index (Phi) is 24.7. The van der Waals surface area contributed by atoms with Crippen LogP contribution in [0.25, 0.3) is 0 Å². The smallest absolute Gasteiger partial charge is 0.243 e. The molecule has 1 atom stereocenters. The fraction of sp³-hybridized carbons (Fsp3) is 0.500. The molecule has 0 fully saturated rings. The topological polar surface area (TPSA) is 32.3 Å². The molecule has 1 N–H and O–H groups in total. The van der Waals surface area contributed by atoms with Crippen LogP contribution in [0, 0.1) is 0 Å². The molecule has 0 aliphatic carbocycles. The van der Waals surface area contributed by atoms with Crippen molar-refractivity contribution in [3.05, 3.63) is 60.3 Å². The largest absolute Gasteiger partial charge is 0.315 e. The number of nitrogens with one attached hydrogen (secondary N) is 1. The summed E-state index contributed by atoms with van der Waals surface area (Å²) in [6.45, 7) is 13.9. The molecule has 1 amide bonds. The van der Waals surface area contributed by atoms with E-state index in [2.05, 4.69) is 12.2 Å². The number of carbonyl (C=O) groups is 1. The van der Waals surface area contributed by atoms with Crippen LogP contribution in [0.2, 0.25) is 0 Å². The Hall–Kier alpha value is -1.87. The maximum absolute atomic E-state index is 11.8. The lowest BCUT2D eigenvalue weighted by Crippen LogP contribution is -2.40. The highest BCUT2D eigenvalue weighted by molar-refractivity contribution is 5.83. The molecule has 0 saturated carbocycles. The highest BCUT2D eigenvalue weighted by Gasteiger charge is 2.16. The number of amides is 1. The molecule has 0 radical (unpaired) electrons. The van der Waals surface area contributed by atoms with E-state index in [-0.39, 0.29) is 11.9 Å². The summed E-state index contributed by atoms with van der Waals surface area (Å²) in [6.07, 6.45) is 6.93. The minimum absolute atomic E-state index is 0.0753. The molecule has 1 aromatic carbocycles. The summed E-state index contributed by atoms with van der Waals surface area (Å²) in [6, 6.07) is 11.8. The lowest BCUT2D eigenvalue weighted by molar-refractivity contribution is -0.129. The highest BCUT2D eigenvalue weighted by Crippen LogP contribution is 2.06. The number of hydrogen-bond acceptors (Lipinski definition) is 2. The third-order valence-electron chi connectivity index (χ3n) is 3.01. The van der Waals surface area contributed by atoms with Crippen molar-refractivity contribution in [3.63, 3.8) is 0 Å². The molecule has 0 bridgehead atoms. The first-order valence-electron chi connectivity index (χ1n) is 9.36. The van der Waals surface area contributed by atoms with E-state index in [4.69, 9.17) is 0 Å². The van der Waals surface area contributed by atoms with E-state index in [0.29, 0.717) is 0 Å². The van der Waals surface area contributed by atoms with Crippen molar-refractivity contribution in [1.29, 1.82) is 0 Å². The zero-order chi connectivity index (χ0) is 20.1. The first-order chi connectivity index (χ1) is 12.1. The third kappa shape index (κ3) is 15.4. The van der Waals surface area contributed by atoms with Crippen molar-refractivity contribution in [2.75, 3.05) is 14.1 Å². The van der Waals surface area contributed by atoms with Gasteiger partial charge in [-0.1, -0.05) is 83.2 Å². The van der Waals surface area contributed by atoms with Crippen LogP contribution in [0.1, 0.15) is 54.9 Å². The normalized spacial score (nSPS) is 11.0. The van der Waals surface area contributed by atoms with Crippen LogP contribution in [-0.4, -0.2) is 30.9 Å². The number of hydrogen-bond donors (Lipinski definition) is 1. The number of rotatable bonds is 5. The molecule has 0 aromatic heterocycles. The van der Waals surface area contributed by atoms with Crippen molar-refractivity contribution in [1.82, 2.24) is 10.2 Å². The summed E-state index contributed by atoms with van der Waals surface area (Å²) < 4.78 is 0. The van der Waals surface area contributed by atoms with E-state index in [1.54, 1.807) is 19.0 Å². The molecular formula is C22H40N2O. The first kappa shape index (κ1) is 28.0. The van der Waals surface area contributed by atoms with Crippen LogP contribution in [0.3, 0.4) is 0 Å². The second-order valence-electron chi connectivity index (χ2n) is 4.59. The van der Waals surface area contributed by atoms with Gasteiger partial charge in [0.15, 0.2) is 0 Å². The SMILES string of the molecule is C/C=C(\C=C/CC)N(C)C(=O)C(C)NC.CC.CC.c1ccccc1. The van der Waals surface area contributed by atoms with Crippen LogP contribution < -0.4 is 5.32 Å². The van der Waals surface area contributed by atoms with E-state index in [1.807, 2.05) is 96.2 Å². The summed E-state index contributed by atoms with van der Waals surface area (Å²) in [4.78, 5) is 13.5. The summed E-state index contributed by atoms with van der Waals surface area (Å²) in [5, 5.41) is 2.94. The minimum atomic E-state index is -0.153. The molecule has 0 saturated heterocycles. The fourth-order valence-corrected chi connectivity index (χ4v) is 1.57. The highest BCUT2D eigenvalue weighted by atomic mass is 16.2. The van der Waals surface area contributed by atoms with E-state index in [0.717, 1.165) is 12.1 Å². The Bertz CT molecular complexity index is 412. The number of allylic oxidation sites excluding steroid dienone is 3. The predicted molar refractivity (Wildman–Crippen MR) is 114 cm³/mol. The average molecular weight is 349 g/mol. The Morgan fingerprint density at radius 2 is 1.44 bits per heavy atom. The summed E-state index contributed by atoms with van der Waals surface area (Å²) in [7, 11) is 3.58. The van der Waals surface area contributed by atoms with E-state index >= 15 is 0 Å². The van der Waals surface area contributed by atoms with Gasteiger partial charge in [-0.3, -0.25) is 4.79 Å². The van der Waals surface area contributed by atoms with Gasteiger partial charge in [-0.25, -0.2) is 0 Å². The van der Waals surface area contributed by atoms with Crippen molar-refractivity contribution >= 4 is 5.91 Å². The maximum Gasteiger partial charge on any atom is 0.243 e. The molecule has 0 aliphatic rings. The van der Waals surface area contributed by atoms with Gasteiger partial charge in [0, 0.05) is 12.7 Å². The van der Waals surface area contributed by atoms with Crippen molar-refractivity contribution in [2.45, 2.75) is 60.9 Å². The molecular weight excluding hydrogens is 308 g/mol. The minimum Gasteiger partial charge on any atom is -0.315 e. The maximum atomic E-state index is 11.8. The number of nitrogens with zero attached hydrogens (tertiary/aromatic N) is 1. The van der Waals surface area contributed by atoms with Crippen LogP contribution >= 0.6 is 0 Å². The van der Waals surface area contributed by atoms with Gasteiger partial charge in [-0.15, -0.1) is 0 Å². The molecule has 0 spiro atoms. The Morgan fingerprint density at radius 3 is 1.72 bits per heavy atom. The molecule has 1 rings (SSSR count). The summed E-state index contributed by atoms with van der Waals surface area (Å²) in [5.74, 6) is 0.0753. The summed E-state index contributed by atoms with van der Waals surface area (Å²) >= 11 is 0. The molecule has 3 nitrogen and oxygen atoms in total. The lowest BCUT2D eigenvalue weighted by atomic mass is 10.2. The van der Waals surface area contributed by atoms with Gasteiger partial charge in [0.2, 0.25) is 5.91 Å². The van der Waals surface area contributed by atoms with Crippen LogP contribution in [-0.2, 0) is 4.79 Å². The van der Waals surface area contributed by atoms with Gasteiger partial charge in [-0.05, 0) is 33.4 Å². The quantitative estimate of drug-likeness (QED) is 0.696. The monoisotopic (exact) mass is 348 g/mol. The van der Waals surface area contributed by atoms with Gasteiger partial charge >= 0.3 is 0 Å². The van der Waals surface area contributed by atoms with Gasteiger partial charge in [0.1, 0.15) is 0 Å². The molecule has 0 aliphatic heterocycles. The number of likely N-dealkylation sites (N-methyl/N-ethyl adjacent to an activating group) is 2. The first-order valence-corrected chi connectivity index (χ1v) is 9.36. The second-order valence-corrected chi connectivity index (χ2v) is 4.59. The molecule has 1 unspecified atom stereocenters. The lowest BCUT2D eigenvalue weighted by Gasteiger charge is -2.22. The molecule has 144 valence electrons. The van der Waals surface area contributed by atoms with Crippen molar-refractivity contribution in [3.8, 4) is 0 Å². The standard InChI is InChI=1S/C12H22N2O.C6H6.2C2H6/c1-6-8-9-11(7-2)14(5)12(15)10(3)13-4;1-2-4-6-5-3-1;2*1-2/h7-10,13H,6H2,1-5H3;1-6H;2*1-2H3/b9-8-,11-7+;;;. The molecule has 0 heterocycles. The van der Waals surface area contributed by atoms with Gasteiger partial charge < -0.3 is 10.2 Å². The van der Waals surface area contributed by atoms with Gasteiger partial charge in [-0.2, -0.15) is 0 Å². The van der Waals surface area contributed by atoms with E-state index in [9.17, 15) is 4.79 Å². The zero-order valence-corrected chi connectivity index (χ0v) is 17.8. The number of benzene rings is 1. The molecule has 3 heteroatoms. The third-order valence-corrected chi connectivity index (χ3v) is 3.01. The van der Waals surface area contributed by atoms with Gasteiger partial charge in [0.25, 0.3) is 0 Å². The van der Waals surface area contributed by atoms with E-state index in [1.165, 1.54) is 0 Å². The Morgan fingerprint density at radius 1 is 1.04 bits per heavy atom. The van der Waals surface area contributed by atoms with Crippen LogP contribution in [0.15, 0.2) is 60.3 Å². The van der Waals surface area contributed by atoms with E-state index < -0.39 is 0 Å². The Balaban J connectivity index is -0.000000397. The molecule has 25 heavy (non-hydrogen) atoms. The number of carbonyl (C=O) groups excluding carboxylic acids is 1. The fourth-order valence-electron chi connectivity index (χ4n) is 1.57. The Labute approximate surface area is 156 Å².